The van der Waals surface area contributed by atoms with Gasteiger partial charge in [0.1, 0.15) is 5.52 Å². The Morgan fingerprint density at radius 2 is 1.92 bits per heavy atom. The average molecular weight is 371 g/mol. The van der Waals surface area contributed by atoms with Crippen LogP contribution < -0.4 is 10.6 Å². The molecule has 0 radical (unpaired) electrons. The van der Waals surface area contributed by atoms with Gasteiger partial charge in [0.05, 0.1) is 16.8 Å². The maximum atomic E-state index is 6.03. The van der Waals surface area contributed by atoms with Crippen molar-refractivity contribution in [3.63, 3.8) is 0 Å². The van der Waals surface area contributed by atoms with Crippen LogP contribution in [0.4, 0.5) is 11.6 Å². The Labute approximate surface area is 158 Å². The third kappa shape index (κ3) is 3.09. The maximum absolute atomic E-state index is 6.03. The zero-order chi connectivity index (χ0) is 18.1. The molecule has 2 N–H and O–H groups in total. The molecule has 136 valence electrons. The van der Waals surface area contributed by atoms with Crippen molar-refractivity contribution >= 4 is 34.3 Å². The molecule has 6 nitrogen and oxygen atoms in total. The number of rotatable bonds is 4. The van der Waals surface area contributed by atoms with Crippen molar-refractivity contribution in [3.05, 3.63) is 29.7 Å². The summed E-state index contributed by atoms with van der Waals surface area (Å²) in [5, 5.41) is 7.12. The first-order valence-corrected chi connectivity index (χ1v) is 9.48. The molecular formula is C19H23ClN6. The lowest BCUT2D eigenvalue weighted by atomic mass is 9.96. The van der Waals surface area contributed by atoms with E-state index in [1.165, 1.54) is 32.1 Å². The highest BCUT2D eigenvalue weighted by molar-refractivity contribution is 6.28. The van der Waals surface area contributed by atoms with Crippen LogP contribution in [0.5, 0.6) is 0 Å². The molecule has 26 heavy (non-hydrogen) atoms. The zero-order valence-electron chi connectivity index (χ0n) is 15.1. The van der Waals surface area contributed by atoms with Crippen molar-refractivity contribution in [2.75, 3.05) is 17.7 Å². The highest BCUT2D eigenvalue weighted by Crippen LogP contribution is 2.35. The molecule has 0 bridgehead atoms. The zero-order valence-corrected chi connectivity index (χ0v) is 15.8. The Balaban J connectivity index is 1.83. The van der Waals surface area contributed by atoms with Gasteiger partial charge in [0.15, 0.2) is 0 Å². The van der Waals surface area contributed by atoms with Crippen molar-refractivity contribution in [2.24, 2.45) is 7.05 Å². The minimum Gasteiger partial charge on any atom is -0.388 e. The third-order valence-electron chi connectivity index (χ3n) is 5.14. The summed E-state index contributed by atoms with van der Waals surface area (Å²) in [6, 6.07) is 6.51. The molecule has 0 atom stereocenters. The fourth-order valence-electron chi connectivity index (χ4n) is 3.76. The highest BCUT2D eigenvalue weighted by atomic mass is 35.5. The van der Waals surface area contributed by atoms with Crippen LogP contribution in [0.1, 0.15) is 32.1 Å². The number of imidazole rings is 1. The predicted molar refractivity (Wildman–Crippen MR) is 107 cm³/mol. The summed E-state index contributed by atoms with van der Waals surface area (Å²) in [6.07, 6.45) is 8.00. The summed E-state index contributed by atoms with van der Waals surface area (Å²) in [5.74, 6) is 0.904. The van der Waals surface area contributed by atoms with E-state index in [-0.39, 0.29) is 5.28 Å². The summed E-state index contributed by atoms with van der Waals surface area (Å²) in [7, 11) is 3.95. The molecular weight excluding hydrogens is 348 g/mol. The molecule has 0 amide bonds. The lowest BCUT2D eigenvalue weighted by Gasteiger charge is -2.23. The van der Waals surface area contributed by atoms with E-state index >= 15 is 0 Å². The summed E-state index contributed by atoms with van der Waals surface area (Å²) in [6.45, 7) is 0. The van der Waals surface area contributed by atoms with E-state index in [0.29, 0.717) is 6.04 Å². The molecule has 0 unspecified atom stereocenters. The summed E-state index contributed by atoms with van der Waals surface area (Å²) in [5.41, 5.74) is 4.65. The number of aryl methyl sites for hydroxylation is 1. The molecule has 2 aromatic heterocycles. The third-order valence-corrected chi connectivity index (χ3v) is 5.33. The minimum absolute atomic E-state index is 0.234. The number of nitrogens with zero attached hydrogens (tertiary/aromatic N) is 4. The smallest absolute Gasteiger partial charge is 0.222 e. The second kappa shape index (κ2) is 7.11. The number of anilines is 2. The quantitative estimate of drug-likeness (QED) is 0.663. The summed E-state index contributed by atoms with van der Waals surface area (Å²) < 4.78 is 2.12. The monoisotopic (exact) mass is 370 g/mol. The van der Waals surface area contributed by atoms with Crippen molar-refractivity contribution in [2.45, 2.75) is 38.1 Å². The molecule has 0 aliphatic heterocycles. The van der Waals surface area contributed by atoms with Gasteiger partial charge in [0.2, 0.25) is 11.2 Å². The lowest BCUT2D eigenvalue weighted by molar-refractivity contribution is 0.460. The summed E-state index contributed by atoms with van der Waals surface area (Å²) in [4.78, 5) is 13.3. The molecule has 2 heterocycles. The van der Waals surface area contributed by atoms with E-state index in [1.807, 2.05) is 13.1 Å². The van der Waals surface area contributed by atoms with Gasteiger partial charge < -0.3 is 15.2 Å². The molecule has 0 saturated heterocycles. The Bertz CT molecular complexity index is 929. The van der Waals surface area contributed by atoms with E-state index in [4.69, 9.17) is 16.6 Å². The van der Waals surface area contributed by atoms with Crippen LogP contribution in [0.3, 0.4) is 0 Å². The fraction of sp³-hybridized carbons (Fsp3) is 0.421. The number of aromatic nitrogens is 4. The standard InChI is InChI=1S/C19H23ClN6/c1-21-13-8-9-15-17(16(13)14-10-11-22-18(20)24-14)25-19(26(15)2)23-12-6-4-3-5-7-12/h8-12,21H,3-7H2,1-2H3,(H,23,25). The predicted octanol–water partition coefficient (Wildman–Crippen LogP) is 4.47. The Morgan fingerprint density at radius 3 is 2.65 bits per heavy atom. The van der Waals surface area contributed by atoms with Crippen LogP contribution >= 0.6 is 11.6 Å². The molecule has 1 fully saturated rings. The first kappa shape index (κ1) is 17.1. The number of fused-ring (bicyclic) bond motifs is 1. The number of hydrogen-bond donors (Lipinski definition) is 2. The molecule has 3 aromatic rings. The normalized spacial score (nSPS) is 15.3. The maximum Gasteiger partial charge on any atom is 0.222 e. The molecule has 7 heteroatoms. The van der Waals surface area contributed by atoms with Gasteiger partial charge in [-0.2, -0.15) is 0 Å². The van der Waals surface area contributed by atoms with E-state index in [0.717, 1.165) is 33.9 Å². The lowest BCUT2D eigenvalue weighted by Crippen LogP contribution is -2.23. The van der Waals surface area contributed by atoms with Gasteiger partial charge >= 0.3 is 0 Å². The van der Waals surface area contributed by atoms with Gasteiger partial charge in [-0.05, 0) is 42.6 Å². The first-order valence-electron chi connectivity index (χ1n) is 9.10. The molecule has 1 aliphatic carbocycles. The molecule has 1 aromatic carbocycles. The number of nitrogens with one attached hydrogen (secondary N) is 2. The number of hydrogen-bond acceptors (Lipinski definition) is 5. The van der Waals surface area contributed by atoms with Crippen LogP contribution in [0, 0.1) is 0 Å². The first-order chi connectivity index (χ1) is 12.7. The second-order valence-electron chi connectivity index (χ2n) is 6.79. The van der Waals surface area contributed by atoms with Crippen molar-refractivity contribution in [1.29, 1.82) is 0 Å². The second-order valence-corrected chi connectivity index (χ2v) is 7.13. The molecule has 0 spiro atoms. The van der Waals surface area contributed by atoms with Gasteiger partial charge in [-0.3, -0.25) is 0 Å². The van der Waals surface area contributed by atoms with Gasteiger partial charge in [-0.25, -0.2) is 15.0 Å². The Hall–Kier alpha value is -2.34. The molecule has 1 aliphatic rings. The van der Waals surface area contributed by atoms with Gasteiger partial charge in [-0.1, -0.05) is 19.3 Å². The van der Waals surface area contributed by atoms with E-state index < -0.39 is 0 Å². The van der Waals surface area contributed by atoms with E-state index in [9.17, 15) is 0 Å². The Kier molecular flexibility index (Phi) is 4.68. The van der Waals surface area contributed by atoms with Crippen LogP contribution in [0.25, 0.3) is 22.3 Å². The van der Waals surface area contributed by atoms with Crippen LogP contribution in [0.15, 0.2) is 24.4 Å². The topological polar surface area (TPSA) is 67.7 Å². The molecule has 4 rings (SSSR count). The largest absolute Gasteiger partial charge is 0.388 e. The van der Waals surface area contributed by atoms with Crippen molar-refractivity contribution in [1.82, 2.24) is 19.5 Å². The van der Waals surface area contributed by atoms with Gasteiger partial charge in [0.25, 0.3) is 0 Å². The van der Waals surface area contributed by atoms with Crippen molar-refractivity contribution < 1.29 is 0 Å². The number of halogens is 1. The Morgan fingerprint density at radius 1 is 1.12 bits per heavy atom. The van der Waals surface area contributed by atoms with E-state index in [2.05, 4.69) is 44.3 Å². The van der Waals surface area contributed by atoms with Crippen LogP contribution in [-0.4, -0.2) is 32.6 Å². The van der Waals surface area contributed by atoms with Gasteiger partial charge in [0, 0.05) is 32.0 Å². The van der Waals surface area contributed by atoms with Crippen LogP contribution in [0.2, 0.25) is 5.28 Å². The summed E-state index contributed by atoms with van der Waals surface area (Å²) >= 11 is 6.03. The highest BCUT2D eigenvalue weighted by Gasteiger charge is 2.20. The van der Waals surface area contributed by atoms with Crippen LogP contribution in [-0.2, 0) is 7.05 Å². The van der Waals surface area contributed by atoms with E-state index in [1.54, 1.807) is 6.20 Å². The molecule has 1 saturated carbocycles. The number of benzene rings is 1. The minimum atomic E-state index is 0.234. The SMILES string of the molecule is CNc1ccc2c(nc(NC3CCCCC3)n2C)c1-c1ccnc(Cl)n1. The fourth-order valence-corrected chi connectivity index (χ4v) is 3.91. The average Bonchev–Trinajstić information content (AvgIpc) is 2.97. The van der Waals surface area contributed by atoms with Crippen molar-refractivity contribution in [3.8, 4) is 11.3 Å². The van der Waals surface area contributed by atoms with Gasteiger partial charge in [-0.15, -0.1) is 0 Å².